The highest BCUT2D eigenvalue weighted by Crippen LogP contribution is 2.42. The molecule has 1 unspecified atom stereocenters. The van der Waals surface area contributed by atoms with Crippen molar-refractivity contribution < 1.29 is 5.11 Å². The van der Waals surface area contributed by atoms with E-state index >= 15 is 0 Å². The standard InChI is InChI=1S/C13H26O/c1-10-5-7-12(8-6-10)13(3,4)9-11(2)14/h10-12,14H,5-9H2,1-4H3. The SMILES string of the molecule is CC(O)CC(C)(C)C1CCC(C)CC1. The highest BCUT2D eigenvalue weighted by molar-refractivity contribution is 4.83. The van der Waals surface area contributed by atoms with Crippen LogP contribution in [0.15, 0.2) is 0 Å². The van der Waals surface area contributed by atoms with Gasteiger partial charge in [-0.15, -0.1) is 0 Å². The fraction of sp³-hybridized carbons (Fsp3) is 1.00. The summed E-state index contributed by atoms with van der Waals surface area (Å²) in [7, 11) is 0. The first kappa shape index (κ1) is 12.0. The van der Waals surface area contributed by atoms with Crippen LogP contribution in [-0.4, -0.2) is 11.2 Å². The molecule has 0 aliphatic heterocycles. The van der Waals surface area contributed by atoms with Crippen LogP contribution < -0.4 is 0 Å². The first-order valence-corrected chi connectivity index (χ1v) is 6.10. The monoisotopic (exact) mass is 198 g/mol. The Morgan fingerprint density at radius 2 is 1.71 bits per heavy atom. The van der Waals surface area contributed by atoms with E-state index in [4.69, 9.17) is 0 Å². The third-order valence-corrected chi connectivity index (χ3v) is 3.94. The van der Waals surface area contributed by atoms with E-state index in [0.29, 0.717) is 5.41 Å². The van der Waals surface area contributed by atoms with Gasteiger partial charge in [-0.3, -0.25) is 0 Å². The second-order valence-electron chi connectivity index (χ2n) is 6.00. The molecule has 1 saturated carbocycles. The highest BCUT2D eigenvalue weighted by Gasteiger charge is 2.32. The molecule has 1 atom stereocenters. The normalized spacial score (nSPS) is 31.5. The molecule has 1 fully saturated rings. The molecule has 1 rings (SSSR count). The number of hydrogen-bond acceptors (Lipinski definition) is 1. The Morgan fingerprint density at radius 3 is 2.14 bits per heavy atom. The van der Waals surface area contributed by atoms with Gasteiger partial charge in [0, 0.05) is 0 Å². The van der Waals surface area contributed by atoms with Gasteiger partial charge in [0.1, 0.15) is 0 Å². The fourth-order valence-electron chi connectivity index (χ4n) is 2.97. The maximum atomic E-state index is 9.47. The van der Waals surface area contributed by atoms with Gasteiger partial charge in [0.05, 0.1) is 6.10 Å². The van der Waals surface area contributed by atoms with Crippen molar-refractivity contribution in [2.24, 2.45) is 17.3 Å². The van der Waals surface area contributed by atoms with E-state index in [1.807, 2.05) is 6.92 Å². The average molecular weight is 198 g/mol. The van der Waals surface area contributed by atoms with E-state index < -0.39 is 0 Å². The summed E-state index contributed by atoms with van der Waals surface area (Å²) >= 11 is 0. The summed E-state index contributed by atoms with van der Waals surface area (Å²) in [6.07, 6.45) is 6.29. The summed E-state index contributed by atoms with van der Waals surface area (Å²) in [6, 6.07) is 0. The topological polar surface area (TPSA) is 20.2 Å². The van der Waals surface area contributed by atoms with Crippen LogP contribution in [0.25, 0.3) is 0 Å². The van der Waals surface area contributed by atoms with Crippen LogP contribution >= 0.6 is 0 Å². The van der Waals surface area contributed by atoms with Crippen molar-refractivity contribution in [2.45, 2.75) is 65.9 Å². The van der Waals surface area contributed by atoms with Crippen molar-refractivity contribution in [3.63, 3.8) is 0 Å². The summed E-state index contributed by atoms with van der Waals surface area (Å²) in [4.78, 5) is 0. The molecule has 14 heavy (non-hydrogen) atoms. The van der Waals surface area contributed by atoms with Crippen molar-refractivity contribution in [1.82, 2.24) is 0 Å². The first-order chi connectivity index (χ1) is 6.42. The molecule has 0 aromatic heterocycles. The molecule has 0 spiro atoms. The van der Waals surface area contributed by atoms with E-state index in [1.165, 1.54) is 25.7 Å². The number of hydrogen-bond donors (Lipinski definition) is 1. The Bertz CT molecular complexity index is 164. The Hall–Kier alpha value is -0.0400. The van der Waals surface area contributed by atoms with Gasteiger partial charge in [-0.1, -0.05) is 33.6 Å². The summed E-state index contributed by atoms with van der Waals surface area (Å²) < 4.78 is 0. The minimum atomic E-state index is -0.149. The Balaban J connectivity index is 2.46. The Labute approximate surface area is 88.9 Å². The van der Waals surface area contributed by atoms with Crippen molar-refractivity contribution in [3.8, 4) is 0 Å². The molecule has 1 aliphatic carbocycles. The lowest BCUT2D eigenvalue weighted by molar-refractivity contribution is 0.0654. The minimum Gasteiger partial charge on any atom is -0.393 e. The zero-order valence-corrected chi connectivity index (χ0v) is 10.2. The second kappa shape index (κ2) is 4.65. The molecule has 0 saturated heterocycles. The molecule has 0 bridgehead atoms. The van der Waals surface area contributed by atoms with E-state index in [2.05, 4.69) is 20.8 Å². The number of rotatable bonds is 3. The smallest absolute Gasteiger partial charge is 0.0517 e. The van der Waals surface area contributed by atoms with Gasteiger partial charge in [-0.05, 0) is 43.4 Å². The van der Waals surface area contributed by atoms with Crippen LogP contribution in [0.3, 0.4) is 0 Å². The van der Waals surface area contributed by atoms with Gasteiger partial charge in [-0.25, -0.2) is 0 Å². The van der Waals surface area contributed by atoms with E-state index in [1.54, 1.807) is 0 Å². The van der Waals surface area contributed by atoms with Gasteiger partial charge in [0.15, 0.2) is 0 Å². The number of aliphatic hydroxyl groups is 1. The second-order valence-corrected chi connectivity index (χ2v) is 6.00. The zero-order valence-electron chi connectivity index (χ0n) is 10.2. The van der Waals surface area contributed by atoms with Crippen molar-refractivity contribution in [2.75, 3.05) is 0 Å². The lowest BCUT2D eigenvalue weighted by atomic mass is 9.67. The molecular weight excluding hydrogens is 172 g/mol. The molecule has 0 heterocycles. The van der Waals surface area contributed by atoms with E-state index in [0.717, 1.165) is 18.3 Å². The molecule has 0 aromatic carbocycles. The molecule has 0 radical (unpaired) electrons. The molecule has 1 N–H and O–H groups in total. The third-order valence-electron chi connectivity index (χ3n) is 3.94. The van der Waals surface area contributed by atoms with Gasteiger partial charge in [0.2, 0.25) is 0 Å². The molecular formula is C13H26O. The average Bonchev–Trinajstić information content (AvgIpc) is 2.02. The van der Waals surface area contributed by atoms with Crippen molar-refractivity contribution in [1.29, 1.82) is 0 Å². The van der Waals surface area contributed by atoms with Gasteiger partial charge in [0.25, 0.3) is 0 Å². The third kappa shape index (κ3) is 3.27. The number of aliphatic hydroxyl groups excluding tert-OH is 1. The van der Waals surface area contributed by atoms with Gasteiger partial charge >= 0.3 is 0 Å². The Kier molecular flexibility index (Phi) is 4.00. The molecule has 1 aliphatic rings. The van der Waals surface area contributed by atoms with Crippen molar-refractivity contribution in [3.05, 3.63) is 0 Å². The predicted molar refractivity (Wildman–Crippen MR) is 61.2 cm³/mol. The highest BCUT2D eigenvalue weighted by atomic mass is 16.3. The Morgan fingerprint density at radius 1 is 1.21 bits per heavy atom. The summed E-state index contributed by atoms with van der Waals surface area (Å²) in [6.45, 7) is 8.91. The summed E-state index contributed by atoms with van der Waals surface area (Å²) in [5.41, 5.74) is 0.328. The quantitative estimate of drug-likeness (QED) is 0.734. The summed E-state index contributed by atoms with van der Waals surface area (Å²) in [5, 5.41) is 9.47. The van der Waals surface area contributed by atoms with Gasteiger partial charge < -0.3 is 5.11 Å². The molecule has 1 nitrogen and oxygen atoms in total. The van der Waals surface area contributed by atoms with E-state index in [9.17, 15) is 5.11 Å². The maximum absolute atomic E-state index is 9.47. The maximum Gasteiger partial charge on any atom is 0.0517 e. The van der Waals surface area contributed by atoms with Gasteiger partial charge in [-0.2, -0.15) is 0 Å². The summed E-state index contributed by atoms with van der Waals surface area (Å²) in [5.74, 6) is 1.75. The molecule has 1 heteroatoms. The molecule has 84 valence electrons. The van der Waals surface area contributed by atoms with Crippen LogP contribution in [0.1, 0.15) is 59.8 Å². The lowest BCUT2D eigenvalue weighted by Gasteiger charge is -2.39. The largest absolute Gasteiger partial charge is 0.393 e. The first-order valence-electron chi connectivity index (χ1n) is 6.10. The predicted octanol–water partition coefficient (Wildman–Crippen LogP) is 3.61. The molecule has 0 amide bonds. The van der Waals surface area contributed by atoms with Crippen LogP contribution in [0.2, 0.25) is 0 Å². The molecule has 0 aromatic rings. The van der Waals surface area contributed by atoms with Crippen LogP contribution in [0, 0.1) is 17.3 Å². The lowest BCUT2D eigenvalue weighted by Crippen LogP contribution is -2.30. The zero-order chi connectivity index (χ0) is 10.8. The van der Waals surface area contributed by atoms with Crippen LogP contribution in [0.5, 0.6) is 0 Å². The minimum absolute atomic E-state index is 0.149. The van der Waals surface area contributed by atoms with Crippen LogP contribution in [-0.2, 0) is 0 Å². The van der Waals surface area contributed by atoms with E-state index in [-0.39, 0.29) is 6.10 Å². The fourth-order valence-corrected chi connectivity index (χ4v) is 2.97. The van der Waals surface area contributed by atoms with Crippen LogP contribution in [0.4, 0.5) is 0 Å². The van der Waals surface area contributed by atoms with Crippen molar-refractivity contribution >= 4 is 0 Å².